The molecule has 0 radical (unpaired) electrons. The molecular formula is C16H22N2O2. The van der Waals surface area contributed by atoms with Crippen LogP contribution >= 0.6 is 0 Å². The van der Waals surface area contributed by atoms with Crippen LogP contribution in [0.4, 0.5) is 0 Å². The highest BCUT2D eigenvalue weighted by atomic mass is 16.2. The molecule has 1 aromatic carbocycles. The van der Waals surface area contributed by atoms with E-state index in [-0.39, 0.29) is 17.7 Å². The fraction of sp³-hybridized carbons (Fsp3) is 0.500. The van der Waals surface area contributed by atoms with E-state index < -0.39 is 0 Å². The van der Waals surface area contributed by atoms with Crippen LogP contribution in [0.1, 0.15) is 30.9 Å². The Morgan fingerprint density at radius 1 is 1.40 bits per heavy atom. The average Bonchev–Trinajstić information content (AvgIpc) is 2.46. The molecule has 0 saturated carbocycles. The van der Waals surface area contributed by atoms with Crippen molar-refractivity contribution in [2.75, 3.05) is 13.1 Å². The number of amides is 2. The van der Waals surface area contributed by atoms with E-state index in [2.05, 4.69) is 24.4 Å². The van der Waals surface area contributed by atoms with Crippen LogP contribution in [0.2, 0.25) is 0 Å². The first-order valence-electron chi connectivity index (χ1n) is 7.21. The Morgan fingerprint density at radius 2 is 2.15 bits per heavy atom. The van der Waals surface area contributed by atoms with Gasteiger partial charge >= 0.3 is 0 Å². The second kappa shape index (κ2) is 6.55. The molecular weight excluding hydrogens is 252 g/mol. The van der Waals surface area contributed by atoms with Crippen molar-refractivity contribution < 1.29 is 9.59 Å². The maximum absolute atomic E-state index is 12.5. The highest BCUT2D eigenvalue weighted by Gasteiger charge is 2.27. The Bertz CT molecular complexity index is 489. The lowest BCUT2D eigenvalue weighted by Crippen LogP contribution is -2.44. The molecule has 0 aromatic heterocycles. The van der Waals surface area contributed by atoms with Crippen LogP contribution in [-0.2, 0) is 16.1 Å². The van der Waals surface area contributed by atoms with Gasteiger partial charge in [-0.1, -0.05) is 24.3 Å². The predicted octanol–water partition coefficient (Wildman–Crippen LogP) is 1.87. The topological polar surface area (TPSA) is 49.4 Å². The summed E-state index contributed by atoms with van der Waals surface area (Å²) in [7, 11) is 0. The summed E-state index contributed by atoms with van der Waals surface area (Å²) < 4.78 is 0. The lowest BCUT2D eigenvalue weighted by Gasteiger charge is -2.29. The first-order valence-corrected chi connectivity index (χ1v) is 7.21. The maximum atomic E-state index is 12.5. The molecule has 1 aliphatic rings. The van der Waals surface area contributed by atoms with Gasteiger partial charge in [0.25, 0.3) is 0 Å². The van der Waals surface area contributed by atoms with Crippen LogP contribution in [0.15, 0.2) is 24.3 Å². The molecule has 1 atom stereocenters. The van der Waals surface area contributed by atoms with E-state index in [1.54, 1.807) is 0 Å². The fourth-order valence-corrected chi connectivity index (χ4v) is 2.54. The smallest absolute Gasteiger partial charge is 0.227 e. The first kappa shape index (κ1) is 14.6. The molecule has 1 N–H and O–H groups in total. The van der Waals surface area contributed by atoms with Crippen LogP contribution in [0.25, 0.3) is 0 Å². The van der Waals surface area contributed by atoms with Gasteiger partial charge in [-0.05, 0) is 31.4 Å². The van der Waals surface area contributed by atoms with Crippen molar-refractivity contribution in [3.63, 3.8) is 0 Å². The van der Waals surface area contributed by atoms with E-state index in [1.807, 2.05) is 24.0 Å². The summed E-state index contributed by atoms with van der Waals surface area (Å²) in [6, 6.07) is 8.14. The molecule has 20 heavy (non-hydrogen) atoms. The zero-order valence-electron chi connectivity index (χ0n) is 12.2. The zero-order valence-corrected chi connectivity index (χ0v) is 12.2. The second-order valence-corrected chi connectivity index (χ2v) is 5.32. The van der Waals surface area contributed by atoms with E-state index in [1.165, 1.54) is 11.1 Å². The van der Waals surface area contributed by atoms with Gasteiger partial charge in [-0.3, -0.25) is 9.59 Å². The number of aryl methyl sites for hydroxylation is 1. The largest absolute Gasteiger partial charge is 0.355 e. The summed E-state index contributed by atoms with van der Waals surface area (Å²) in [5.41, 5.74) is 2.39. The number of nitrogens with zero attached hydrogens (tertiary/aromatic N) is 1. The number of hydrogen-bond donors (Lipinski definition) is 1. The summed E-state index contributed by atoms with van der Waals surface area (Å²) in [5, 5.41) is 2.78. The second-order valence-electron chi connectivity index (χ2n) is 5.32. The summed E-state index contributed by atoms with van der Waals surface area (Å²) in [6.45, 7) is 5.87. The maximum Gasteiger partial charge on any atom is 0.227 e. The third-order valence-corrected chi connectivity index (χ3v) is 3.93. The van der Waals surface area contributed by atoms with Gasteiger partial charge in [-0.2, -0.15) is 0 Å². The molecule has 4 heteroatoms. The van der Waals surface area contributed by atoms with Gasteiger partial charge in [0.1, 0.15) is 0 Å². The minimum Gasteiger partial charge on any atom is -0.355 e. The quantitative estimate of drug-likeness (QED) is 0.911. The molecule has 0 aliphatic carbocycles. The Kier molecular flexibility index (Phi) is 4.77. The molecule has 1 fully saturated rings. The third kappa shape index (κ3) is 3.38. The number of carbonyl (C=O) groups is 2. The van der Waals surface area contributed by atoms with Crippen molar-refractivity contribution in [1.29, 1.82) is 0 Å². The lowest BCUT2D eigenvalue weighted by molar-refractivity contribution is -0.137. The first-order chi connectivity index (χ1) is 9.61. The minimum atomic E-state index is -0.0725. The van der Waals surface area contributed by atoms with Gasteiger partial charge in [-0.25, -0.2) is 0 Å². The van der Waals surface area contributed by atoms with Gasteiger partial charge in [0, 0.05) is 26.1 Å². The molecule has 108 valence electrons. The fourth-order valence-electron chi connectivity index (χ4n) is 2.54. The van der Waals surface area contributed by atoms with Gasteiger partial charge in [0.15, 0.2) is 0 Å². The van der Waals surface area contributed by atoms with E-state index >= 15 is 0 Å². The summed E-state index contributed by atoms with van der Waals surface area (Å²) in [6.07, 6.45) is 1.12. The number of benzene rings is 1. The molecule has 1 unspecified atom stereocenters. The van der Waals surface area contributed by atoms with E-state index in [0.29, 0.717) is 32.5 Å². The molecule has 4 nitrogen and oxygen atoms in total. The normalized spacial score (nSPS) is 18.5. The van der Waals surface area contributed by atoms with E-state index in [4.69, 9.17) is 0 Å². The van der Waals surface area contributed by atoms with E-state index in [0.717, 1.165) is 0 Å². The predicted molar refractivity (Wildman–Crippen MR) is 78.0 cm³/mol. The summed E-state index contributed by atoms with van der Waals surface area (Å²) in [4.78, 5) is 25.6. The molecule has 1 saturated heterocycles. The number of rotatable bonds is 4. The van der Waals surface area contributed by atoms with Crippen molar-refractivity contribution in [1.82, 2.24) is 10.2 Å². The zero-order chi connectivity index (χ0) is 14.5. The monoisotopic (exact) mass is 274 g/mol. The third-order valence-electron chi connectivity index (χ3n) is 3.93. The van der Waals surface area contributed by atoms with Crippen LogP contribution in [0, 0.1) is 12.8 Å². The minimum absolute atomic E-state index is 0.0519. The van der Waals surface area contributed by atoms with Crippen LogP contribution in [0.3, 0.4) is 0 Å². The van der Waals surface area contributed by atoms with Crippen LogP contribution in [0.5, 0.6) is 0 Å². The number of hydrogen-bond acceptors (Lipinski definition) is 2. The van der Waals surface area contributed by atoms with Gasteiger partial charge in [0.2, 0.25) is 11.8 Å². The van der Waals surface area contributed by atoms with Crippen molar-refractivity contribution in [2.45, 2.75) is 33.2 Å². The van der Waals surface area contributed by atoms with Gasteiger partial charge < -0.3 is 10.2 Å². The summed E-state index contributed by atoms with van der Waals surface area (Å²) in [5.74, 6) is 0.128. The average molecular weight is 274 g/mol. The van der Waals surface area contributed by atoms with Crippen molar-refractivity contribution >= 4 is 11.8 Å². The molecule has 2 amide bonds. The highest BCUT2D eigenvalue weighted by molar-refractivity contribution is 5.83. The Hall–Kier alpha value is -1.84. The summed E-state index contributed by atoms with van der Waals surface area (Å²) >= 11 is 0. The number of nitrogens with one attached hydrogen (secondary N) is 1. The van der Waals surface area contributed by atoms with Gasteiger partial charge in [0.05, 0.1) is 5.92 Å². The number of piperidine rings is 1. The molecule has 2 rings (SSSR count). The Balaban J connectivity index is 2.02. The molecule has 0 bridgehead atoms. The SMILES string of the molecule is CCN(Cc1ccccc1C)C(=O)C1CCC(=O)NC1. The number of carbonyl (C=O) groups excluding carboxylic acids is 2. The lowest BCUT2D eigenvalue weighted by atomic mass is 9.97. The molecule has 1 heterocycles. The Labute approximate surface area is 120 Å². The van der Waals surface area contributed by atoms with E-state index in [9.17, 15) is 9.59 Å². The van der Waals surface area contributed by atoms with Crippen molar-refractivity contribution in [2.24, 2.45) is 5.92 Å². The van der Waals surface area contributed by atoms with Gasteiger partial charge in [-0.15, -0.1) is 0 Å². The Morgan fingerprint density at radius 3 is 2.75 bits per heavy atom. The standard InChI is InChI=1S/C16H22N2O2/c1-3-18(11-14-7-5-4-6-12(14)2)16(20)13-8-9-15(19)17-10-13/h4-7,13H,3,8-11H2,1-2H3,(H,17,19). The van der Waals surface area contributed by atoms with Crippen molar-refractivity contribution in [3.8, 4) is 0 Å². The van der Waals surface area contributed by atoms with Crippen molar-refractivity contribution in [3.05, 3.63) is 35.4 Å². The van der Waals surface area contributed by atoms with Crippen LogP contribution in [-0.4, -0.2) is 29.8 Å². The molecule has 1 aliphatic heterocycles. The van der Waals surface area contributed by atoms with Crippen LogP contribution < -0.4 is 5.32 Å². The molecule has 0 spiro atoms. The molecule has 1 aromatic rings. The highest BCUT2D eigenvalue weighted by Crippen LogP contribution is 2.17.